The molecule has 0 radical (unpaired) electrons. The van der Waals surface area contributed by atoms with Crippen molar-refractivity contribution in [1.82, 2.24) is 15.0 Å². The standard InChI is InChI=1S/C25H22ClN3O5/c1-33-12-2-10-29-24(31)18-8-5-16(13-20(18)25(29)32)23(30)28-11-9-19-21(14-28)27-34-22(19)15-3-6-17(26)7-4-15/h3-8,13H,2,9-12,14H2,1H3. The highest BCUT2D eigenvalue weighted by molar-refractivity contribution is 6.30. The van der Waals surface area contributed by atoms with Crippen LogP contribution >= 0.6 is 11.6 Å². The molecule has 0 saturated heterocycles. The molecule has 2 aliphatic heterocycles. The maximum Gasteiger partial charge on any atom is 0.261 e. The van der Waals surface area contributed by atoms with E-state index >= 15 is 0 Å². The average Bonchev–Trinajstić information content (AvgIpc) is 3.38. The Labute approximate surface area is 201 Å². The molecule has 0 bridgehead atoms. The number of aromatic nitrogens is 1. The number of ether oxygens (including phenoxy) is 1. The molecule has 0 saturated carbocycles. The Morgan fingerprint density at radius 2 is 1.88 bits per heavy atom. The lowest BCUT2D eigenvalue weighted by molar-refractivity contribution is 0.0638. The fraction of sp³-hybridized carbons (Fsp3) is 0.280. The van der Waals surface area contributed by atoms with Gasteiger partial charge in [-0.15, -0.1) is 0 Å². The monoisotopic (exact) mass is 479 g/mol. The molecular weight excluding hydrogens is 458 g/mol. The van der Waals surface area contributed by atoms with Gasteiger partial charge in [0, 0.05) is 48.5 Å². The number of carbonyl (C=O) groups is 3. The Morgan fingerprint density at radius 3 is 2.65 bits per heavy atom. The molecule has 5 rings (SSSR count). The highest BCUT2D eigenvalue weighted by Crippen LogP contribution is 2.32. The number of benzene rings is 2. The molecule has 2 aliphatic rings. The van der Waals surface area contributed by atoms with E-state index in [-0.39, 0.29) is 29.8 Å². The summed E-state index contributed by atoms with van der Waals surface area (Å²) in [5.74, 6) is -0.248. The van der Waals surface area contributed by atoms with Gasteiger partial charge in [-0.05, 0) is 55.3 Å². The Bertz CT molecular complexity index is 1280. The maximum absolute atomic E-state index is 13.2. The number of hydrogen-bond acceptors (Lipinski definition) is 6. The maximum atomic E-state index is 13.2. The fourth-order valence-corrected chi connectivity index (χ4v) is 4.53. The molecule has 0 spiro atoms. The molecule has 2 aromatic carbocycles. The summed E-state index contributed by atoms with van der Waals surface area (Å²) in [6.07, 6.45) is 1.15. The van der Waals surface area contributed by atoms with E-state index in [1.165, 1.54) is 11.0 Å². The van der Waals surface area contributed by atoms with E-state index in [4.69, 9.17) is 20.9 Å². The first-order chi connectivity index (χ1) is 16.5. The van der Waals surface area contributed by atoms with E-state index in [1.54, 1.807) is 36.3 Å². The second-order valence-corrected chi connectivity index (χ2v) is 8.73. The zero-order chi connectivity index (χ0) is 23.8. The van der Waals surface area contributed by atoms with Gasteiger partial charge in [-0.25, -0.2) is 0 Å². The molecule has 34 heavy (non-hydrogen) atoms. The van der Waals surface area contributed by atoms with Crippen molar-refractivity contribution in [3.63, 3.8) is 0 Å². The van der Waals surface area contributed by atoms with Crippen LogP contribution in [-0.4, -0.2) is 59.5 Å². The number of rotatable bonds is 6. The third-order valence-corrected chi connectivity index (χ3v) is 6.44. The van der Waals surface area contributed by atoms with Gasteiger partial charge in [-0.2, -0.15) is 0 Å². The molecule has 0 atom stereocenters. The van der Waals surface area contributed by atoms with Gasteiger partial charge in [-0.3, -0.25) is 19.3 Å². The molecule has 9 heteroatoms. The lowest BCUT2D eigenvalue weighted by Gasteiger charge is -2.26. The number of amides is 3. The van der Waals surface area contributed by atoms with Gasteiger partial charge >= 0.3 is 0 Å². The van der Waals surface area contributed by atoms with Crippen molar-refractivity contribution in [3.05, 3.63) is 75.4 Å². The van der Waals surface area contributed by atoms with Crippen LogP contribution in [0.1, 0.15) is 48.8 Å². The highest BCUT2D eigenvalue weighted by Gasteiger charge is 2.36. The predicted molar refractivity (Wildman–Crippen MR) is 124 cm³/mol. The van der Waals surface area contributed by atoms with Crippen LogP contribution in [0.25, 0.3) is 11.3 Å². The van der Waals surface area contributed by atoms with Gasteiger partial charge in [-0.1, -0.05) is 16.8 Å². The van der Waals surface area contributed by atoms with Crippen molar-refractivity contribution in [2.24, 2.45) is 0 Å². The van der Waals surface area contributed by atoms with Crippen LogP contribution in [0, 0.1) is 0 Å². The van der Waals surface area contributed by atoms with Crippen molar-refractivity contribution in [1.29, 1.82) is 0 Å². The van der Waals surface area contributed by atoms with E-state index < -0.39 is 0 Å². The normalized spacial score (nSPS) is 15.0. The molecule has 3 aromatic rings. The molecular formula is C25H22ClN3O5. The minimum Gasteiger partial charge on any atom is -0.385 e. The fourth-order valence-electron chi connectivity index (χ4n) is 4.41. The minimum atomic E-state index is -0.379. The lowest BCUT2D eigenvalue weighted by Crippen LogP contribution is -2.36. The Kier molecular flexibility index (Phi) is 5.93. The smallest absolute Gasteiger partial charge is 0.261 e. The van der Waals surface area contributed by atoms with Crippen molar-refractivity contribution in [3.8, 4) is 11.3 Å². The zero-order valence-electron chi connectivity index (χ0n) is 18.5. The van der Waals surface area contributed by atoms with Gasteiger partial charge in [0.25, 0.3) is 17.7 Å². The lowest BCUT2D eigenvalue weighted by atomic mass is 9.99. The number of methoxy groups -OCH3 is 1. The quantitative estimate of drug-likeness (QED) is 0.394. The third-order valence-electron chi connectivity index (χ3n) is 6.18. The summed E-state index contributed by atoms with van der Waals surface area (Å²) >= 11 is 5.98. The van der Waals surface area contributed by atoms with E-state index in [2.05, 4.69) is 5.16 Å². The summed E-state index contributed by atoms with van der Waals surface area (Å²) in [5, 5.41) is 4.83. The predicted octanol–water partition coefficient (Wildman–Crippen LogP) is 3.83. The van der Waals surface area contributed by atoms with Crippen LogP contribution < -0.4 is 0 Å². The average molecular weight is 480 g/mol. The van der Waals surface area contributed by atoms with Crippen LogP contribution in [0.5, 0.6) is 0 Å². The molecule has 0 aliphatic carbocycles. The summed E-state index contributed by atoms with van der Waals surface area (Å²) < 4.78 is 10.6. The number of fused-ring (bicyclic) bond motifs is 2. The van der Waals surface area contributed by atoms with Crippen molar-refractivity contribution < 1.29 is 23.6 Å². The molecule has 3 amide bonds. The molecule has 8 nitrogen and oxygen atoms in total. The van der Waals surface area contributed by atoms with Gasteiger partial charge in [0.15, 0.2) is 5.76 Å². The van der Waals surface area contributed by atoms with Crippen molar-refractivity contribution >= 4 is 29.3 Å². The van der Waals surface area contributed by atoms with Crippen LogP contribution in [0.2, 0.25) is 5.02 Å². The zero-order valence-corrected chi connectivity index (χ0v) is 19.3. The first kappa shape index (κ1) is 22.3. The number of carbonyl (C=O) groups excluding carboxylic acids is 3. The minimum absolute atomic E-state index is 0.220. The summed E-state index contributed by atoms with van der Waals surface area (Å²) in [4.78, 5) is 41.5. The van der Waals surface area contributed by atoms with E-state index in [0.717, 1.165) is 11.1 Å². The number of halogens is 1. The number of imide groups is 1. The van der Waals surface area contributed by atoms with Crippen LogP contribution in [0.15, 0.2) is 47.0 Å². The molecule has 3 heterocycles. The second-order valence-electron chi connectivity index (χ2n) is 8.29. The summed E-state index contributed by atoms with van der Waals surface area (Å²) in [6.45, 7) is 1.52. The molecule has 1 aromatic heterocycles. The first-order valence-electron chi connectivity index (χ1n) is 11.0. The summed E-state index contributed by atoms with van der Waals surface area (Å²) in [7, 11) is 1.57. The van der Waals surface area contributed by atoms with Gasteiger partial charge in [0.2, 0.25) is 0 Å². The molecule has 0 fully saturated rings. The Hall–Kier alpha value is -3.49. The number of hydrogen-bond donors (Lipinski definition) is 0. The second kappa shape index (κ2) is 9.04. The largest absolute Gasteiger partial charge is 0.385 e. The summed E-state index contributed by atoms with van der Waals surface area (Å²) in [5.41, 5.74) is 3.52. The highest BCUT2D eigenvalue weighted by atomic mass is 35.5. The van der Waals surface area contributed by atoms with Crippen LogP contribution in [0.3, 0.4) is 0 Å². The molecule has 0 N–H and O–H groups in total. The topological polar surface area (TPSA) is 92.9 Å². The number of nitrogens with zero attached hydrogens (tertiary/aromatic N) is 3. The van der Waals surface area contributed by atoms with Crippen molar-refractivity contribution in [2.45, 2.75) is 19.4 Å². The van der Waals surface area contributed by atoms with E-state index in [9.17, 15) is 14.4 Å². The Morgan fingerprint density at radius 1 is 1.12 bits per heavy atom. The molecule has 174 valence electrons. The Balaban J connectivity index is 1.33. The third kappa shape index (κ3) is 3.89. The van der Waals surface area contributed by atoms with Gasteiger partial charge in [0.05, 0.1) is 17.7 Å². The SMILES string of the molecule is COCCCN1C(=O)c2ccc(C(=O)N3CCc4c(noc4-c4ccc(Cl)cc4)C3)cc2C1=O. The van der Waals surface area contributed by atoms with E-state index in [1.807, 2.05) is 12.1 Å². The van der Waals surface area contributed by atoms with Gasteiger partial charge in [0.1, 0.15) is 5.69 Å². The van der Waals surface area contributed by atoms with E-state index in [0.29, 0.717) is 60.1 Å². The van der Waals surface area contributed by atoms with Gasteiger partial charge < -0.3 is 14.2 Å². The first-order valence-corrected chi connectivity index (χ1v) is 11.4. The summed E-state index contributed by atoms with van der Waals surface area (Å²) in [6, 6.07) is 12.0. The van der Waals surface area contributed by atoms with Crippen LogP contribution in [-0.2, 0) is 17.7 Å². The molecule has 0 unspecified atom stereocenters. The van der Waals surface area contributed by atoms with Crippen molar-refractivity contribution in [2.75, 3.05) is 26.8 Å². The van der Waals surface area contributed by atoms with Crippen LogP contribution in [0.4, 0.5) is 0 Å².